The SMILES string of the molecule is Cc1noc2ncnc(Sc3ccnc(C(=O)O)c3)c12. The van der Waals surface area contributed by atoms with Crippen molar-refractivity contribution in [3.8, 4) is 0 Å². The Kier molecular flexibility index (Phi) is 3.07. The van der Waals surface area contributed by atoms with Gasteiger partial charge in [-0.15, -0.1) is 0 Å². The fourth-order valence-electron chi connectivity index (χ4n) is 1.67. The Balaban J connectivity index is 2.03. The van der Waals surface area contributed by atoms with Crippen molar-refractivity contribution in [2.24, 2.45) is 0 Å². The van der Waals surface area contributed by atoms with Crippen molar-refractivity contribution in [1.29, 1.82) is 0 Å². The van der Waals surface area contributed by atoms with Crippen LogP contribution in [0.1, 0.15) is 16.2 Å². The zero-order chi connectivity index (χ0) is 14.1. The van der Waals surface area contributed by atoms with Gasteiger partial charge in [0.25, 0.3) is 5.71 Å². The minimum absolute atomic E-state index is 0.0117. The Hall–Kier alpha value is -2.48. The molecule has 1 N–H and O–H groups in total. The van der Waals surface area contributed by atoms with Crippen LogP contribution in [0.3, 0.4) is 0 Å². The summed E-state index contributed by atoms with van der Waals surface area (Å²) in [5.74, 6) is -1.07. The van der Waals surface area contributed by atoms with E-state index < -0.39 is 5.97 Å². The van der Waals surface area contributed by atoms with Gasteiger partial charge in [0.1, 0.15) is 17.0 Å². The summed E-state index contributed by atoms with van der Waals surface area (Å²) in [7, 11) is 0. The number of hydrogen-bond donors (Lipinski definition) is 1. The summed E-state index contributed by atoms with van der Waals surface area (Å²) in [6, 6.07) is 3.21. The maximum absolute atomic E-state index is 10.9. The summed E-state index contributed by atoms with van der Waals surface area (Å²) >= 11 is 1.31. The van der Waals surface area contributed by atoms with Crippen LogP contribution in [0.4, 0.5) is 0 Å². The van der Waals surface area contributed by atoms with Crippen LogP contribution in [0.5, 0.6) is 0 Å². The summed E-state index contributed by atoms with van der Waals surface area (Å²) in [5.41, 5.74) is 1.09. The molecule has 3 aromatic heterocycles. The van der Waals surface area contributed by atoms with Crippen molar-refractivity contribution >= 4 is 28.8 Å². The van der Waals surface area contributed by atoms with Crippen molar-refractivity contribution in [3.63, 3.8) is 0 Å². The Morgan fingerprint density at radius 1 is 1.35 bits per heavy atom. The molecule has 0 atom stereocenters. The van der Waals surface area contributed by atoms with E-state index >= 15 is 0 Å². The number of hydrogen-bond acceptors (Lipinski definition) is 7. The van der Waals surface area contributed by atoms with Crippen LogP contribution in [0.2, 0.25) is 0 Å². The number of aromatic carboxylic acids is 1. The fourth-order valence-corrected chi connectivity index (χ4v) is 2.63. The molecule has 0 spiro atoms. The van der Waals surface area contributed by atoms with Crippen LogP contribution in [0.25, 0.3) is 11.1 Å². The van der Waals surface area contributed by atoms with Gasteiger partial charge in [-0.25, -0.2) is 14.8 Å². The minimum atomic E-state index is -1.07. The summed E-state index contributed by atoms with van der Waals surface area (Å²) in [4.78, 5) is 23.6. The molecular formula is C12H8N4O3S. The van der Waals surface area contributed by atoms with Gasteiger partial charge in [-0.05, 0) is 19.1 Å². The van der Waals surface area contributed by atoms with Crippen molar-refractivity contribution in [2.75, 3.05) is 0 Å². The lowest BCUT2D eigenvalue weighted by Gasteiger charge is -2.02. The molecule has 0 bridgehead atoms. The molecule has 3 heterocycles. The number of carbonyl (C=O) groups is 1. The third-order valence-electron chi connectivity index (χ3n) is 2.57. The second-order valence-corrected chi connectivity index (χ2v) is 4.97. The number of fused-ring (bicyclic) bond motifs is 1. The maximum atomic E-state index is 10.9. The third-order valence-corrected chi connectivity index (χ3v) is 3.57. The Morgan fingerprint density at radius 2 is 2.20 bits per heavy atom. The topological polar surface area (TPSA) is 102 Å². The van der Waals surface area contributed by atoms with Crippen LogP contribution >= 0.6 is 11.8 Å². The lowest BCUT2D eigenvalue weighted by molar-refractivity contribution is 0.0690. The summed E-state index contributed by atoms with van der Waals surface area (Å²) in [6.07, 6.45) is 2.83. The molecule has 0 aliphatic rings. The number of carboxylic acid groups (broad SMARTS) is 1. The molecule has 3 aromatic rings. The maximum Gasteiger partial charge on any atom is 0.354 e. The molecule has 3 rings (SSSR count). The number of carboxylic acids is 1. The van der Waals surface area contributed by atoms with E-state index in [0.717, 1.165) is 10.3 Å². The normalized spacial score (nSPS) is 10.8. The molecule has 0 unspecified atom stereocenters. The van der Waals surface area contributed by atoms with Crippen molar-refractivity contribution in [1.82, 2.24) is 20.1 Å². The lowest BCUT2D eigenvalue weighted by Crippen LogP contribution is -1.99. The first-order chi connectivity index (χ1) is 9.65. The van der Waals surface area contributed by atoms with Gasteiger partial charge >= 0.3 is 5.97 Å². The van der Waals surface area contributed by atoms with Gasteiger partial charge in [0.2, 0.25) is 0 Å². The molecule has 0 saturated heterocycles. The fraction of sp³-hybridized carbons (Fsp3) is 0.0833. The predicted octanol–water partition coefficient (Wildman–Crippen LogP) is 2.17. The van der Waals surface area contributed by atoms with Crippen molar-refractivity contribution < 1.29 is 14.4 Å². The number of rotatable bonds is 3. The minimum Gasteiger partial charge on any atom is -0.477 e. The van der Waals surface area contributed by atoms with Gasteiger partial charge in [-0.2, -0.15) is 4.98 Å². The molecule has 0 amide bonds. The van der Waals surface area contributed by atoms with Crippen LogP contribution < -0.4 is 0 Å². The van der Waals surface area contributed by atoms with Crippen LogP contribution in [-0.4, -0.2) is 31.2 Å². The molecule has 0 aromatic carbocycles. The van der Waals surface area contributed by atoms with Crippen molar-refractivity contribution in [3.05, 3.63) is 36.0 Å². The highest BCUT2D eigenvalue weighted by Gasteiger charge is 2.14. The van der Waals surface area contributed by atoms with E-state index in [2.05, 4.69) is 20.1 Å². The zero-order valence-electron chi connectivity index (χ0n) is 10.3. The molecule has 0 aliphatic heterocycles. The summed E-state index contributed by atoms with van der Waals surface area (Å²) in [5, 5.41) is 14.2. The first-order valence-electron chi connectivity index (χ1n) is 5.59. The van der Waals surface area contributed by atoms with Gasteiger partial charge in [-0.1, -0.05) is 16.9 Å². The average molecular weight is 288 g/mol. The Morgan fingerprint density at radius 3 is 3.00 bits per heavy atom. The quantitative estimate of drug-likeness (QED) is 0.731. The highest BCUT2D eigenvalue weighted by atomic mass is 32.2. The molecule has 0 fully saturated rings. The Labute approximate surface area is 117 Å². The standard InChI is InChI=1S/C12H8N4O3S/c1-6-9-10(19-16-6)14-5-15-11(9)20-7-2-3-13-8(4-7)12(17)18/h2-5H,1H3,(H,17,18). The molecule has 0 saturated carbocycles. The molecule has 100 valence electrons. The summed E-state index contributed by atoms with van der Waals surface area (Å²) in [6.45, 7) is 1.80. The van der Waals surface area contributed by atoms with Crippen LogP contribution in [-0.2, 0) is 0 Å². The lowest BCUT2D eigenvalue weighted by atomic mass is 10.3. The first kappa shape index (κ1) is 12.5. The Bertz CT molecular complexity index is 802. The predicted molar refractivity (Wildman–Crippen MR) is 69.7 cm³/mol. The average Bonchev–Trinajstić information content (AvgIpc) is 2.82. The van der Waals surface area contributed by atoms with E-state index in [4.69, 9.17) is 9.63 Å². The van der Waals surface area contributed by atoms with Gasteiger partial charge < -0.3 is 9.63 Å². The van der Waals surface area contributed by atoms with Gasteiger partial charge in [0.05, 0.1) is 11.1 Å². The first-order valence-corrected chi connectivity index (χ1v) is 6.41. The van der Waals surface area contributed by atoms with E-state index in [9.17, 15) is 4.79 Å². The molecule has 0 aliphatic carbocycles. The van der Waals surface area contributed by atoms with E-state index in [-0.39, 0.29) is 5.69 Å². The van der Waals surface area contributed by atoms with E-state index in [1.165, 1.54) is 30.4 Å². The smallest absolute Gasteiger partial charge is 0.354 e. The molecule has 7 nitrogen and oxygen atoms in total. The number of aryl methyl sites for hydroxylation is 1. The highest BCUT2D eigenvalue weighted by Crippen LogP contribution is 2.32. The second kappa shape index (κ2) is 4.89. The summed E-state index contributed by atoms with van der Waals surface area (Å²) < 4.78 is 5.07. The van der Waals surface area contributed by atoms with Crippen LogP contribution in [0.15, 0.2) is 39.1 Å². The van der Waals surface area contributed by atoms with E-state index in [1.54, 1.807) is 13.0 Å². The third kappa shape index (κ3) is 2.21. The number of pyridine rings is 1. The van der Waals surface area contributed by atoms with Gasteiger partial charge in [0, 0.05) is 11.1 Å². The van der Waals surface area contributed by atoms with E-state index in [0.29, 0.717) is 16.4 Å². The molecule has 20 heavy (non-hydrogen) atoms. The monoisotopic (exact) mass is 288 g/mol. The highest BCUT2D eigenvalue weighted by molar-refractivity contribution is 7.99. The number of aromatic nitrogens is 4. The number of nitrogens with zero attached hydrogens (tertiary/aromatic N) is 4. The zero-order valence-corrected chi connectivity index (χ0v) is 11.1. The van der Waals surface area contributed by atoms with Gasteiger partial charge in [-0.3, -0.25) is 0 Å². The molecule has 8 heteroatoms. The second-order valence-electron chi connectivity index (χ2n) is 3.91. The molecule has 0 radical (unpaired) electrons. The largest absolute Gasteiger partial charge is 0.477 e. The molecular weight excluding hydrogens is 280 g/mol. The van der Waals surface area contributed by atoms with E-state index in [1.807, 2.05) is 0 Å². The van der Waals surface area contributed by atoms with Gasteiger partial charge in [0.15, 0.2) is 0 Å². The van der Waals surface area contributed by atoms with Crippen molar-refractivity contribution in [2.45, 2.75) is 16.8 Å². The van der Waals surface area contributed by atoms with Crippen LogP contribution in [0, 0.1) is 6.92 Å².